The van der Waals surface area contributed by atoms with Gasteiger partial charge in [-0.2, -0.15) is 9.57 Å². The molecule has 0 amide bonds. The standard InChI is InChI=1S/C11H11BrN2O2S/c1-8-4-10(2-3-11(8)12)17(15,16)14-6-9(5-13)7-14/h2-4,9H,6-7H2,1H3. The fourth-order valence-electron chi connectivity index (χ4n) is 1.64. The third kappa shape index (κ3) is 2.23. The number of aryl methyl sites for hydroxylation is 1. The Hall–Kier alpha value is -0.900. The van der Waals surface area contributed by atoms with Gasteiger partial charge in [-0.25, -0.2) is 8.42 Å². The molecule has 0 aromatic heterocycles. The number of nitrogens with zero attached hydrogens (tertiary/aromatic N) is 2. The molecule has 0 aliphatic carbocycles. The smallest absolute Gasteiger partial charge is 0.207 e. The first kappa shape index (κ1) is 12.6. The van der Waals surface area contributed by atoms with E-state index in [1.807, 2.05) is 6.92 Å². The van der Waals surface area contributed by atoms with Gasteiger partial charge in [0.25, 0.3) is 0 Å². The van der Waals surface area contributed by atoms with Crippen molar-refractivity contribution in [2.24, 2.45) is 5.92 Å². The summed E-state index contributed by atoms with van der Waals surface area (Å²) in [6, 6.07) is 7.00. The first-order valence-electron chi connectivity index (χ1n) is 5.11. The van der Waals surface area contributed by atoms with Gasteiger partial charge in [0, 0.05) is 17.6 Å². The Morgan fingerprint density at radius 1 is 1.47 bits per heavy atom. The maximum Gasteiger partial charge on any atom is 0.243 e. The van der Waals surface area contributed by atoms with E-state index in [-0.39, 0.29) is 10.8 Å². The van der Waals surface area contributed by atoms with Crippen LogP contribution in [0.4, 0.5) is 0 Å². The summed E-state index contributed by atoms with van der Waals surface area (Å²) >= 11 is 3.33. The lowest BCUT2D eigenvalue weighted by Gasteiger charge is -2.34. The zero-order chi connectivity index (χ0) is 12.6. The van der Waals surface area contributed by atoms with E-state index in [4.69, 9.17) is 5.26 Å². The van der Waals surface area contributed by atoms with Crippen molar-refractivity contribution in [1.82, 2.24) is 4.31 Å². The quantitative estimate of drug-likeness (QED) is 0.837. The second-order valence-electron chi connectivity index (χ2n) is 4.06. The maximum absolute atomic E-state index is 12.1. The number of hydrogen-bond donors (Lipinski definition) is 0. The minimum Gasteiger partial charge on any atom is -0.207 e. The third-order valence-corrected chi connectivity index (χ3v) is 5.52. The Labute approximate surface area is 109 Å². The average molecular weight is 315 g/mol. The summed E-state index contributed by atoms with van der Waals surface area (Å²) in [6.07, 6.45) is 0. The second kappa shape index (κ2) is 4.41. The topological polar surface area (TPSA) is 61.2 Å². The molecule has 0 unspecified atom stereocenters. The van der Waals surface area contributed by atoms with Gasteiger partial charge in [-0.1, -0.05) is 15.9 Å². The zero-order valence-corrected chi connectivity index (χ0v) is 11.6. The largest absolute Gasteiger partial charge is 0.243 e. The van der Waals surface area contributed by atoms with Crippen LogP contribution in [0.2, 0.25) is 0 Å². The van der Waals surface area contributed by atoms with E-state index >= 15 is 0 Å². The highest BCUT2D eigenvalue weighted by Crippen LogP contribution is 2.27. The summed E-state index contributed by atoms with van der Waals surface area (Å²) in [5, 5.41) is 8.64. The molecule has 2 rings (SSSR count). The van der Waals surface area contributed by atoms with Crippen LogP contribution in [0.5, 0.6) is 0 Å². The maximum atomic E-state index is 12.1. The highest BCUT2D eigenvalue weighted by Gasteiger charge is 2.36. The van der Waals surface area contributed by atoms with Crippen LogP contribution in [0.1, 0.15) is 5.56 Å². The van der Waals surface area contributed by atoms with Crippen molar-refractivity contribution in [3.05, 3.63) is 28.2 Å². The van der Waals surface area contributed by atoms with Gasteiger partial charge in [-0.15, -0.1) is 0 Å². The predicted octanol–water partition coefficient (Wildman–Crippen LogP) is 1.90. The molecule has 0 atom stereocenters. The molecule has 0 saturated carbocycles. The molecule has 0 radical (unpaired) electrons. The molecule has 90 valence electrons. The monoisotopic (exact) mass is 314 g/mol. The molecule has 1 fully saturated rings. The Morgan fingerprint density at radius 2 is 2.12 bits per heavy atom. The van der Waals surface area contributed by atoms with Crippen LogP contribution in [-0.4, -0.2) is 25.8 Å². The molecular weight excluding hydrogens is 304 g/mol. The highest BCUT2D eigenvalue weighted by atomic mass is 79.9. The number of nitriles is 1. The Kier molecular flexibility index (Phi) is 3.25. The number of benzene rings is 1. The van der Waals surface area contributed by atoms with E-state index < -0.39 is 10.0 Å². The summed E-state index contributed by atoms with van der Waals surface area (Å²) in [5.74, 6) is -0.165. The van der Waals surface area contributed by atoms with Gasteiger partial charge in [0.2, 0.25) is 10.0 Å². The first-order chi connectivity index (χ1) is 7.95. The first-order valence-corrected chi connectivity index (χ1v) is 7.34. The van der Waals surface area contributed by atoms with Crippen LogP contribution in [0.3, 0.4) is 0 Å². The van der Waals surface area contributed by atoms with E-state index in [0.29, 0.717) is 13.1 Å². The molecule has 1 aliphatic rings. The minimum absolute atomic E-state index is 0.165. The molecule has 1 aromatic carbocycles. The van der Waals surface area contributed by atoms with Crippen molar-refractivity contribution >= 4 is 26.0 Å². The number of sulfonamides is 1. The molecule has 0 N–H and O–H groups in total. The van der Waals surface area contributed by atoms with E-state index in [1.165, 1.54) is 4.31 Å². The highest BCUT2D eigenvalue weighted by molar-refractivity contribution is 9.10. The molecule has 1 heterocycles. The van der Waals surface area contributed by atoms with Crippen molar-refractivity contribution in [1.29, 1.82) is 5.26 Å². The van der Waals surface area contributed by atoms with Gasteiger partial charge in [0.15, 0.2) is 0 Å². The number of hydrogen-bond acceptors (Lipinski definition) is 3. The zero-order valence-electron chi connectivity index (χ0n) is 9.22. The van der Waals surface area contributed by atoms with Crippen molar-refractivity contribution in [3.8, 4) is 6.07 Å². The van der Waals surface area contributed by atoms with Crippen molar-refractivity contribution in [3.63, 3.8) is 0 Å². The van der Waals surface area contributed by atoms with Crippen molar-refractivity contribution in [2.75, 3.05) is 13.1 Å². The molecule has 17 heavy (non-hydrogen) atoms. The van der Waals surface area contributed by atoms with Gasteiger partial charge in [-0.05, 0) is 30.7 Å². The van der Waals surface area contributed by atoms with E-state index in [0.717, 1.165) is 10.0 Å². The van der Waals surface area contributed by atoms with Crippen molar-refractivity contribution in [2.45, 2.75) is 11.8 Å². The van der Waals surface area contributed by atoms with Crippen LogP contribution < -0.4 is 0 Å². The molecule has 1 saturated heterocycles. The summed E-state index contributed by atoms with van der Waals surface area (Å²) < 4.78 is 26.5. The van der Waals surface area contributed by atoms with E-state index in [1.54, 1.807) is 18.2 Å². The van der Waals surface area contributed by atoms with Crippen LogP contribution in [0.25, 0.3) is 0 Å². The number of rotatable bonds is 2. The van der Waals surface area contributed by atoms with Crippen LogP contribution in [0.15, 0.2) is 27.6 Å². The van der Waals surface area contributed by atoms with Gasteiger partial charge < -0.3 is 0 Å². The lowest BCUT2D eigenvalue weighted by molar-refractivity contribution is 0.248. The molecular formula is C11H11BrN2O2S. The molecule has 0 spiro atoms. The van der Waals surface area contributed by atoms with Crippen LogP contribution in [-0.2, 0) is 10.0 Å². The fraction of sp³-hybridized carbons (Fsp3) is 0.364. The Balaban J connectivity index is 2.28. The minimum atomic E-state index is -3.42. The molecule has 0 bridgehead atoms. The molecule has 4 nitrogen and oxygen atoms in total. The molecule has 6 heteroatoms. The third-order valence-electron chi connectivity index (χ3n) is 2.80. The summed E-state index contributed by atoms with van der Waals surface area (Å²) in [7, 11) is -3.42. The second-order valence-corrected chi connectivity index (χ2v) is 6.85. The molecule has 1 aromatic rings. The summed E-state index contributed by atoms with van der Waals surface area (Å²) in [6.45, 7) is 2.44. The normalized spacial score (nSPS) is 17.5. The van der Waals surface area contributed by atoms with Crippen molar-refractivity contribution < 1.29 is 8.42 Å². The molecule has 1 aliphatic heterocycles. The van der Waals surface area contributed by atoms with Gasteiger partial charge >= 0.3 is 0 Å². The average Bonchev–Trinajstić information content (AvgIpc) is 2.20. The summed E-state index contributed by atoms with van der Waals surface area (Å²) in [4.78, 5) is 0.287. The SMILES string of the molecule is Cc1cc(S(=O)(=O)N2CC(C#N)C2)ccc1Br. The van der Waals surface area contributed by atoms with Gasteiger partial charge in [-0.3, -0.25) is 0 Å². The lowest BCUT2D eigenvalue weighted by atomic mass is 10.1. The predicted molar refractivity (Wildman–Crippen MR) is 66.7 cm³/mol. The summed E-state index contributed by atoms with van der Waals surface area (Å²) in [5.41, 5.74) is 0.878. The fourth-order valence-corrected chi connectivity index (χ4v) is 3.51. The van der Waals surface area contributed by atoms with Crippen LogP contribution in [0, 0.1) is 24.2 Å². The number of halogens is 1. The Bertz CT molecular complexity index is 586. The van der Waals surface area contributed by atoms with Gasteiger partial charge in [0.05, 0.1) is 16.9 Å². The van der Waals surface area contributed by atoms with Crippen LogP contribution >= 0.6 is 15.9 Å². The van der Waals surface area contributed by atoms with E-state index in [2.05, 4.69) is 22.0 Å². The van der Waals surface area contributed by atoms with E-state index in [9.17, 15) is 8.42 Å². The Morgan fingerprint density at radius 3 is 2.65 bits per heavy atom. The lowest BCUT2D eigenvalue weighted by Crippen LogP contribution is -2.49. The van der Waals surface area contributed by atoms with Gasteiger partial charge in [0.1, 0.15) is 0 Å².